The van der Waals surface area contributed by atoms with Gasteiger partial charge in [-0.1, -0.05) is 23.7 Å². The molecule has 114 valence electrons. The SMILES string of the molecule is NC(=O)c1ccccc1NC(=O)COC(=O)c1ccc(Cl)s1. The van der Waals surface area contributed by atoms with Crippen LogP contribution in [0, 0.1) is 0 Å². The topological polar surface area (TPSA) is 98.5 Å². The third-order valence-corrected chi connectivity index (χ3v) is 3.79. The first kappa shape index (κ1) is 16.0. The van der Waals surface area contributed by atoms with Crippen LogP contribution in [0.4, 0.5) is 5.69 Å². The van der Waals surface area contributed by atoms with Gasteiger partial charge in [0.1, 0.15) is 4.88 Å². The molecule has 0 aliphatic heterocycles. The number of nitrogens with two attached hydrogens (primary N) is 1. The van der Waals surface area contributed by atoms with Gasteiger partial charge >= 0.3 is 5.97 Å². The quantitative estimate of drug-likeness (QED) is 0.817. The van der Waals surface area contributed by atoms with E-state index in [0.717, 1.165) is 11.3 Å². The predicted octanol–water partition coefficient (Wildman–Crippen LogP) is 2.30. The van der Waals surface area contributed by atoms with Crippen molar-refractivity contribution in [3.63, 3.8) is 0 Å². The number of para-hydroxylation sites is 1. The van der Waals surface area contributed by atoms with E-state index in [1.165, 1.54) is 18.2 Å². The van der Waals surface area contributed by atoms with Gasteiger partial charge in [-0.15, -0.1) is 11.3 Å². The second-order valence-electron chi connectivity index (χ2n) is 4.14. The van der Waals surface area contributed by atoms with Crippen molar-refractivity contribution < 1.29 is 19.1 Å². The highest BCUT2D eigenvalue weighted by atomic mass is 35.5. The average molecular weight is 339 g/mol. The molecular weight excluding hydrogens is 328 g/mol. The van der Waals surface area contributed by atoms with Gasteiger partial charge in [0, 0.05) is 0 Å². The van der Waals surface area contributed by atoms with Crippen LogP contribution in [0.15, 0.2) is 36.4 Å². The number of rotatable bonds is 5. The number of carbonyl (C=O) groups excluding carboxylic acids is 3. The number of hydrogen-bond acceptors (Lipinski definition) is 5. The number of ether oxygens (including phenoxy) is 1. The van der Waals surface area contributed by atoms with Crippen LogP contribution < -0.4 is 11.1 Å². The lowest BCUT2D eigenvalue weighted by molar-refractivity contribution is -0.119. The number of hydrogen-bond donors (Lipinski definition) is 2. The third kappa shape index (κ3) is 4.06. The van der Waals surface area contributed by atoms with E-state index in [4.69, 9.17) is 22.1 Å². The number of carbonyl (C=O) groups is 3. The van der Waals surface area contributed by atoms with Gasteiger partial charge in [0.15, 0.2) is 6.61 Å². The minimum atomic E-state index is -0.666. The largest absolute Gasteiger partial charge is 0.451 e. The maximum Gasteiger partial charge on any atom is 0.348 e. The van der Waals surface area contributed by atoms with E-state index < -0.39 is 24.4 Å². The first-order chi connectivity index (χ1) is 10.5. The molecule has 0 saturated heterocycles. The standard InChI is InChI=1S/C14H11ClN2O4S/c15-11-6-5-10(22-11)14(20)21-7-12(18)17-9-4-2-1-3-8(9)13(16)19/h1-6H,7H2,(H2,16,19)(H,17,18). The van der Waals surface area contributed by atoms with Gasteiger partial charge in [0.2, 0.25) is 0 Å². The van der Waals surface area contributed by atoms with Crippen LogP contribution in [0.3, 0.4) is 0 Å². The average Bonchev–Trinajstić information content (AvgIpc) is 2.92. The Hall–Kier alpha value is -2.38. The molecule has 2 aromatic rings. The molecule has 0 aliphatic carbocycles. The maximum atomic E-state index is 11.8. The zero-order chi connectivity index (χ0) is 16.1. The summed E-state index contributed by atoms with van der Waals surface area (Å²) in [6.07, 6.45) is 0. The highest BCUT2D eigenvalue weighted by Gasteiger charge is 2.14. The molecule has 0 radical (unpaired) electrons. The lowest BCUT2D eigenvalue weighted by atomic mass is 10.1. The number of primary amides is 1. The number of benzene rings is 1. The highest BCUT2D eigenvalue weighted by molar-refractivity contribution is 7.17. The Kier molecular flexibility index (Phi) is 5.13. The molecule has 0 unspecified atom stereocenters. The number of esters is 1. The molecule has 0 aliphatic rings. The molecule has 0 atom stereocenters. The molecule has 3 N–H and O–H groups in total. The zero-order valence-corrected chi connectivity index (χ0v) is 12.7. The van der Waals surface area contributed by atoms with Crippen molar-refractivity contribution in [1.82, 2.24) is 0 Å². The summed E-state index contributed by atoms with van der Waals surface area (Å²) in [4.78, 5) is 35.0. The van der Waals surface area contributed by atoms with Gasteiger partial charge in [-0.2, -0.15) is 0 Å². The fourth-order valence-electron chi connectivity index (χ4n) is 1.62. The lowest BCUT2D eigenvalue weighted by Crippen LogP contribution is -2.23. The van der Waals surface area contributed by atoms with E-state index in [-0.39, 0.29) is 11.3 Å². The van der Waals surface area contributed by atoms with Gasteiger partial charge < -0.3 is 15.8 Å². The first-order valence-corrected chi connectivity index (χ1v) is 7.28. The molecule has 1 aromatic heterocycles. The molecule has 6 nitrogen and oxygen atoms in total. The van der Waals surface area contributed by atoms with E-state index >= 15 is 0 Å². The predicted molar refractivity (Wildman–Crippen MR) is 83.2 cm³/mol. The van der Waals surface area contributed by atoms with Crippen LogP contribution >= 0.6 is 22.9 Å². The summed E-state index contributed by atoms with van der Waals surface area (Å²) < 4.78 is 5.31. The normalized spacial score (nSPS) is 10.0. The number of nitrogens with one attached hydrogen (secondary N) is 1. The summed E-state index contributed by atoms with van der Waals surface area (Å²) in [7, 11) is 0. The fraction of sp³-hybridized carbons (Fsp3) is 0.0714. The minimum Gasteiger partial charge on any atom is -0.451 e. The van der Waals surface area contributed by atoms with E-state index in [0.29, 0.717) is 9.21 Å². The Labute approximate surface area is 134 Å². The van der Waals surface area contributed by atoms with Crippen molar-refractivity contribution in [3.05, 3.63) is 51.2 Å². The lowest BCUT2D eigenvalue weighted by Gasteiger charge is -2.08. The van der Waals surface area contributed by atoms with Gasteiger partial charge in [0.25, 0.3) is 11.8 Å². The van der Waals surface area contributed by atoms with Crippen molar-refractivity contribution in [1.29, 1.82) is 0 Å². The summed E-state index contributed by atoms with van der Waals surface area (Å²) in [5, 5.41) is 2.46. The second-order valence-corrected chi connectivity index (χ2v) is 5.85. The van der Waals surface area contributed by atoms with Crippen molar-refractivity contribution in [3.8, 4) is 0 Å². The number of amides is 2. The van der Waals surface area contributed by atoms with E-state index in [1.807, 2.05) is 0 Å². The van der Waals surface area contributed by atoms with E-state index in [2.05, 4.69) is 5.32 Å². The van der Waals surface area contributed by atoms with Crippen molar-refractivity contribution in [2.45, 2.75) is 0 Å². The molecule has 0 fully saturated rings. The first-order valence-electron chi connectivity index (χ1n) is 6.08. The molecule has 1 aromatic carbocycles. The third-order valence-electron chi connectivity index (χ3n) is 2.58. The maximum absolute atomic E-state index is 11.8. The minimum absolute atomic E-state index is 0.173. The van der Waals surface area contributed by atoms with Gasteiger partial charge in [-0.05, 0) is 24.3 Å². The Morgan fingerprint density at radius 3 is 2.55 bits per heavy atom. The summed E-state index contributed by atoms with van der Waals surface area (Å²) in [6, 6.07) is 9.34. The van der Waals surface area contributed by atoms with Crippen LogP contribution in [-0.4, -0.2) is 24.4 Å². The Morgan fingerprint density at radius 2 is 1.91 bits per heavy atom. The second kappa shape index (κ2) is 7.06. The molecule has 1 heterocycles. The number of anilines is 1. The monoisotopic (exact) mass is 338 g/mol. The molecule has 22 heavy (non-hydrogen) atoms. The summed E-state index contributed by atoms with van der Waals surface area (Å²) in [5.41, 5.74) is 5.64. The van der Waals surface area contributed by atoms with Crippen LogP contribution in [0.5, 0.6) is 0 Å². The molecule has 0 bridgehead atoms. The highest BCUT2D eigenvalue weighted by Crippen LogP contribution is 2.22. The van der Waals surface area contributed by atoms with Gasteiger partial charge in [-0.25, -0.2) is 4.79 Å². The Balaban J connectivity index is 1.94. The zero-order valence-electron chi connectivity index (χ0n) is 11.2. The van der Waals surface area contributed by atoms with Crippen LogP contribution in [-0.2, 0) is 9.53 Å². The molecular formula is C14H11ClN2O4S. The molecule has 0 spiro atoms. The van der Waals surface area contributed by atoms with Gasteiger partial charge in [0.05, 0.1) is 15.6 Å². The number of halogens is 1. The van der Waals surface area contributed by atoms with Crippen LogP contribution in [0.25, 0.3) is 0 Å². The van der Waals surface area contributed by atoms with Crippen molar-refractivity contribution in [2.75, 3.05) is 11.9 Å². The van der Waals surface area contributed by atoms with Crippen LogP contribution in [0.2, 0.25) is 4.34 Å². The van der Waals surface area contributed by atoms with E-state index in [9.17, 15) is 14.4 Å². The fourth-order valence-corrected chi connectivity index (χ4v) is 2.56. The van der Waals surface area contributed by atoms with Crippen molar-refractivity contribution in [2.24, 2.45) is 5.73 Å². The number of thiophene rings is 1. The van der Waals surface area contributed by atoms with Gasteiger partial charge in [-0.3, -0.25) is 9.59 Å². The summed E-state index contributed by atoms with van der Waals surface area (Å²) in [5.74, 6) is -1.89. The summed E-state index contributed by atoms with van der Waals surface area (Å²) in [6.45, 7) is -0.485. The van der Waals surface area contributed by atoms with Crippen LogP contribution in [0.1, 0.15) is 20.0 Å². The molecule has 2 amide bonds. The van der Waals surface area contributed by atoms with Crippen molar-refractivity contribution >= 4 is 46.4 Å². The molecule has 2 rings (SSSR count). The molecule has 0 saturated carbocycles. The smallest absolute Gasteiger partial charge is 0.348 e. The summed E-state index contributed by atoms with van der Waals surface area (Å²) >= 11 is 6.77. The Morgan fingerprint density at radius 1 is 1.18 bits per heavy atom. The molecule has 8 heteroatoms. The van der Waals surface area contributed by atoms with E-state index in [1.54, 1.807) is 18.2 Å². The Bertz CT molecular complexity index is 729.